The van der Waals surface area contributed by atoms with E-state index in [0.29, 0.717) is 25.7 Å². The van der Waals surface area contributed by atoms with Gasteiger partial charge in [0, 0.05) is 0 Å². The molecule has 9 nitrogen and oxygen atoms in total. The van der Waals surface area contributed by atoms with Crippen LogP contribution in [0.4, 0.5) is 4.79 Å². The molecule has 0 aliphatic heterocycles. The van der Waals surface area contributed by atoms with E-state index in [1.807, 2.05) is 30.3 Å². The molecule has 0 unspecified atom stereocenters. The first-order valence-corrected chi connectivity index (χ1v) is 13.5. The van der Waals surface area contributed by atoms with Crippen LogP contribution in [0.2, 0.25) is 0 Å². The highest BCUT2D eigenvalue weighted by atomic mass is 16.5. The van der Waals surface area contributed by atoms with Crippen molar-refractivity contribution in [2.45, 2.75) is 108 Å². The molecule has 0 heterocycles. The molecule has 37 heavy (non-hydrogen) atoms. The smallest absolute Gasteiger partial charge is 0.408 e. The lowest BCUT2D eigenvalue weighted by Gasteiger charge is -2.39. The van der Waals surface area contributed by atoms with Crippen molar-refractivity contribution in [2.75, 3.05) is 7.11 Å². The van der Waals surface area contributed by atoms with Gasteiger partial charge in [0.05, 0.1) is 7.11 Å². The van der Waals surface area contributed by atoms with E-state index in [0.717, 1.165) is 56.9 Å². The Morgan fingerprint density at radius 3 is 1.81 bits per heavy atom. The van der Waals surface area contributed by atoms with Gasteiger partial charge < -0.3 is 25.4 Å². The Hall–Kier alpha value is -3.10. The van der Waals surface area contributed by atoms with Crippen molar-refractivity contribution >= 4 is 23.9 Å². The fourth-order valence-corrected chi connectivity index (χ4v) is 5.34. The molecule has 2 aliphatic rings. The maximum absolute atomic E-state index is 14.0. The van der Waals surface area contributed by atoms with E-state index in [2.05, 4.69) is 16.0 Å². The van der Waals surface area contributed by atoms with Crippen LogP contribution in [0.1, 0.15) is 89.5 Å². The van der Waals surface area contributed by atoms with Gasteiger partial charge >= 0.3 is 12.1 Å². The molecule has 2 aliphatic carbocycles. The monoisotopic (exact) mass is 515 g/mol. The molecule has 9 heteroatoms. The molecule has 3 N–H and O–H groups in total. The lowest BCUT2D eigenvalue weighted by molar-refractivity contribution is -0.146. The molecule has 0 spiro atoms. The standard InChI is InChI=1S/C28H41N3O6/c1-21(23(32)36-2)29-24(33)27(16-10-3-4-11-17-27)30-25(34)28(18-12-5-6-13-19-28)31-26(35)37-20-22-14-8-7-9-15-22/h7-9,14-15,21H,3-6,10-13,16-20H2,1-2H3,(H,29,33)(H,30,34)(H,31,35)/t21-/m1/s1. The van der Waals surface area contributed by atoms with Gasteiger partial charge in [0.1, 0.15) is 23.7 Å². The summed E-state index contributed by atoms with van der Waals surface area (Å²) in [5, 5.41) is 8.71. The van der Waals surface area contributed by atoms with Crippen LogP contribution in [0, 0.1) is 0 Å². The molecule has 2 saturated carbocycles. The summed E-state index contributed by atoms with van der Waals surface area (Å²) in [4.78, 5) is 52.4. The van der Waals surface area contributed by atoms with Crippen molar-refractivity contribution in [3.05, 3.63) is 35.9 Å². The van der Waals surface area contributed by atoms with E-state index in [-0.39, 0.29) is 12.5 Å². The number of carbonyl (C=O) groups is 4. The third-order valence-corrected chi connectivity index (χ3v) is 7.59. The SMILES string of the molecule is COC(=O)[C@@H](C)NC(=O)C1(NC(=O)C2(NC(=O)OCc3ccccc3)CCCCCC2)CCCCCC1. The zero-order valence-electron chi connectivity index (χ0n) is 22.1. The molecule has 0 radical (unpaired) electrons. The van der Waals surface area contributed by atoms with Crippen LogP contribution < -0.4 is 16.0 Å². The lowest BCUT2D eigenvalue weighted by atomic mass is 9.84. The first-order chi connectivity index (χ1) is 17.8. The zero-order valence-corrected chi connectivity index (χ0v) is 22.1. The number of hydrogen-bond donors (Lipinski definition) is 3. The summed E-state index contributed by atoms with van der Waals surface area (Å²) in [5.41, 5.74) is -1.48. The summed E-state index contributed by atoms with van der Waals surface area (Å²) in [6.45, 7) is 1.66. The third kappa shape index (κ3) is 7.69. The fourth-order valence-electron chi connectivity index (χ4n) is 5.34. The maximum Gasteiger partial charge on any atom is 0.408 e. The molecule has 3 rings (SSSR count). The van der Waals surface area contributed by atoms with E-state index in [1.165, 1.54) is 7.11 Å². The van der Waals surface area contributed by atoms with Crippen LogP contribution in [0.5, 0.6) is 0 Å². The first-order valence-electron chi connectivity index (χ1n) is 13.5. The van der Waals surface area contributed by atoms with Gasteiger partial charge in [-0.3, -0.25) is 9.59 Å². The summed E-state index contributed by atoms with van der Waals surface area (Å²) in [5.74, 6) is -1.31. The minimum Gasteiger partial charge on any atom is -0.467 e. The van der Waals surface area contributed by atoms with Crippen LogP contribution in [0.15, 0.2) is 30.3 Å². The minimum atomic E-state index is -1.17. The summed E-state index contributed by atoms with van der Waals surface area (Å²) >= 11 is 0. The lowest BCUT2D eigenvalue weighted by Crippen LogP contribution is -2.67. The normalized spacial score (nSPS) is 19.7. The Balaban J connectivity index is 1.79. The van der Waals surface area contributed by atoms with Crippen LogP contribution in [-0.2, 0) is 30.5 Å². The number of methoxy groups -OCH3 is 1. The number of carbonyl (C=O) groups excluding carboxylic acids is 4. The van der Waals surface area contributed by atoms with Crippen LogP contribution >= 0.6 is 0 Å². The molecule has 1 aromatic carbocycles. The minimum absolute atomic E-state index is 0.0993. The number of rotatable bonds is 8. The van der Waals surface area contributed by atoms with Crippen molar-refractivity contribution in [3.63, 3.8) is 0 Å². The molecule has 0 aromatic heterocycles. The van der Waals surface area contributed by atoms with Gasteiger partial charge in [0.15, 0.2) is 0 Å². The number of hydrogen-bond acceptors (Lipinski definition) is 6. The van der Waals surface area contributed by atoms with Gasteiger partial charge in [-0.05, 0) is 38.2 Å². The fraction of sp³-hybridized carbons (Fsp3) is 0.643. The quantitative estimate of drug-likeness (QED) is 0.357. The molecule has 3 amide bonds. The summed E-state index contributed by atoms with van der Waals surface area (Å²) in [6, 6.07) is 8.52. The van der Waals surface area contributed by atoms with Gasteiger partial charge in [0.25, 0.3) is 0 Å². The van der Waals surface area contributed by atoms with Crippen LogP contribution in [-0.4, -0.2) is 48.1 Å². The molecule has 0 saturated heterocycles. The summed E-state index contributed by atoms with van der Waals surface area (Å²) in [7, 11) is 1.27. The van der Waals surface area contributed by atoms with E-state index in [9.17, 15) is 19.2 Å². The highest BCUT2D eigenvalue weighted by Gasteiger charge is 2.47. The second-order valence-corrected chi connectivity index (χ2v) is 10.4. The van der Waals surface area contributed by atoms with Crippen LogP contribution in [0.25, 0.3) is 0 Å². The summed E-state index contributed by atoms with van der Waals surface area (Å²) in [6.07, 6.45) is 8.20. The topological polar surface area (TPSA) is 123 Å². The van der Waals surface area contributed by atoms with E-state index >= 15 is 0 Å². The largest absolute Gasteiger partial charge is 0.467 e. The molecular weight excluding hydrogens is 474 g/mol. The van der Waals surface area contributed by atoms with Gasteiger partial charge in [-0.15, -0.1) is 0 Å². The number of amides is 3. The molecule has 204 valence electrons. The van der Waals surface area contributed by atoms with Crippen molar-refractivity contribution in [2.24, 2.45) is 0 Å². The third-order valence-electron chi connectivity index (χ3n) is 7.59. The van der Waals surface area contributed by atoms with Crippen molar-refractivity contribution in [1.82, 2.24) is 16.0 Å². The number of benzene rings is 1. The molecule has 2 fully saturated rings. The van der Waals surface area contributed by atoms with Gasteiger partial charge in [-0.25, -0.2) is 9.59 Å². The Labute approximate surface area is 219 Å². The van der Waals surface area contributed by atoms with Crippen molar-refractivity contribution in [3.8, 4) is 0 Å². The Morgan fingerprint density at radius 2 is 1.30 bits per heavy atom. The second-order valence-electron chi connectivity index (χ2n) is 10.4. The molecular formula is C28H41N3O6. The molecule has 0 bridgehead atoms. The maximum atomic E-state index is 14.0. The number of alkyl carbamates (subject to hydrolysis) is 1. The number of nitrogens with one attached hydrogen (secondary N) is 3. The highest BCUT2D eigenvalue weighted by Crippen LogP contribution is 2.32. The van der Waals surface area contributed by atoms with E-state index < -0.39 is 35.1 Å². The predicted octanol–water partition coefficient (Wildman–Crippen LogP) is 3.89. The average molecular weight is 516 g/mol. The zero-order chi connectivity index (χ0) is 26.7. The number of esters is 1. The molecule has 1 atom stereocenters. The van der Waals surface area contributed by atoms with Crippen molar-refractivity contribution < 1.29 is 28.7 Å². The predicted molar refractivity (Wildman–Crippen MR) is 138 cm³/mol. The van der Waals surface area contributed by atoms with Gasteiger partial charge in [-0.1, -0.05) is 81.7 Å². The molecule has 1 aromatic rings. The van der Waals surface area contributed by atoms with Gasteiger partial charge in [0.2, 0.25) is 11.8 Å². The average Bonchev–Trinajstić information content (AvgIpc) is 3.29. The summed E-state index contributed by atoms with van der Waals surface area (Å²) < 4.78 is 10.2. The highest BCUT2D eigenvalue weighted by molar-refractivity contribution is 5.97. The Morgan fingerprint density at radius 1 is 0.784 bits per heavy atom. The van der Waals surface area contributed by atoms with Crippen LogP contribution in [0.3, 0.4) is 0 Å². The Kier molecular flexibility index (Phi) is 10.3. The number of ether oxygens (including phenoxy) is 2. The Bertz CT molecular complexity index is 919. The van der Waals surface area contributed by atoms with Crippen molar-refractivity contribution in [1.29, 1.82) is 0 Å². The van der Waals surface area contributed by atoms with E-state index in [1.54, 1.807) is 6.92 Å². The van der Waals surface area contributed by atoms with E-state index in [4.69, 9.17) is 9.47 Å². The van der Waals surface area contributed by atoms with Gasteiger partial charge in [-0.2, -0.15) is 0 Å². The first kappa shape index (κ1) is 28.5. The second kappa shape index (κ2) is 13.4.